The van der Waals surface area contributed by atoms with Gasteiger partial charge in [0.1, 0.15) is 5.75 Å². The highest BCUT2D eigenvalue weighted by Gasteiger charge is 2.06. The molecule has 0 aliphatic heterocycles. The summed E-state index contributed by atoms with van der Waals surface area (Å²) in [7, 11) is 1.98. The molecule has 0 bridgehead atoms. The highest BCUT2D eigenvalue weighted by molar-refractivity contribution is 5.67. The van der Waals surface area contributed by atoms with Crippen LogP contribution in [0.5, 0.6) is 5.75 Å². The predicted octanol–water partition coefficient (Wildman–Crippen LogP) is 3.17. The molecular weight excluding hydrogens is 252 g/mol. The van der Waals surface area contributed by atoms with Crippen molar-refractivity contribution < 1.29 is 5.11 Å². The van der Waals surface area contributed by atoms with Crippen LogP contribution in [0, 0.1) is 6.92 Å². The highest BCUT2D eigenvalue weighted by atomic mass is 16.3. The van der Waals surface area contributed by atoms with Gasteiger partial charge in [-0.1, -0.05) is 0 Å². The van der Waals surface area contributed by atoms with Gasteiger partial charge < -0.3 is 15.0 Å². The first kappa shape index (κ1) is 12.3. The Kier molecular flexibility index (Phi) is 2.95. The number of hydrogen-bond acceptors (Lipinski definition) is 3. The molecular formula is C15H16N4O. The first-order valence-corrected chi connectivity index (χ1v) is 6.36. The Morgan fingerprint density at radius 3 is 2.80 bits per heavy atom. The number of aromatic nitrogens is 3. The Balaban J connectivity index is 1.84. The van der Waals surface area contributed by atoms with Crippen LogP contribution < -0.4 is 5.32 Å². The average molecular weight is 268 g/mol. The van der Waals surface area contributed by atoms with Gasteiger partial charge >= 0.3 is 0 Å². The molecule has 2 aromatic heterocycles. The second-order valence-corrected chi connectivity index (χ2v) is 4.86. The van der Waals surface area contributed by atoms with Gasteiger partial charge in [0.2, 0.25) is 0 Å². The second-order valence-electron chi connectivity index (χ2n) is 4.86. The molecule has 3 rings (SSSR count). The fraction of sp³-hybridized carbons (Fsp3) is 0.133. The zero-order valence-corrected chi connectivity index (χ0v) is 11.4. The van der Waals surface area contributed by atoms with E-state index in [-0.39, 0.29) is 5.75 Å². The van der Waals surface area contributed by atoms with Gasteiger partial charge in [-0.25, -0.2) is 0 Å². The third kappa shape index (κ3) is 2.38. The Labute approximate surface area is 116 Å². The van der Waals surface area contributed by atoms with E-state index in [0.717, 1.165) is 28.3 Å². The summed E-state index contributed by atoms with van der Waals surface area (Å²) in [5, 5.41) is 19.9. The number of aromatic hydroxyl groups is 1. The van der Waals surface area contributed by atoms with Crippen molar-refractivity contribution in [3.05, 3.63) is 48.3 Å². The van der Waals surface area contributed by atoms with E-state index >= 15 is 0 Å². The van der Waals surface area contributed by atoms with Crippen molar-refractivity contribution in [3.8, 4) is 17.0 Å². The van der Waals surface area contributed by atoms with E-state index in [0.29, 0.717) is 0 Å². The Morgan fingerprint density at radius 1 is 1.25 bits per heavy atom. The summed E-state index contributed by atoms with van der Waals surface area (Å²) >= 11 is 0. The number of H-pyrrole nitrogens is 1. The molecule has 0 fully saturated rings. The Bertz CT molecular complexity index is 742. The lowest BCUT2D eigenvalue weighted by Crippen LogP contribution is -1.92. The third-order valence-corrected chi connectivity index (χ3v) is 3.19. The van der Waals surface area contributed by atoms with Gasteiger partial charge in [-0.3, -0.25) is 5.10 Å². The quantitative estimate of drug-likeness (QED) is 0.639. The molecule has 102 valence electrons. The topological polar surface area (TPSA) is 65.9 Å². The third-order valence-electron chi connectivity index (χ3n) is 3.19. The van der Waals surface area contributed by atoms with E-state index in [2.05, 4.69) is 15.5 Å². The van der Waals surface area contributed by atoms with E-state index in [1.54, 1.807) is 12.1 Å². The minimum atomic E-state index is 0.264. The standard InChI is InChI=1S/C15H16N4O/c1-10-7-12(20)3-4-13(10)16-15-8-14(17-18-15)11-5-6-19(2)9-11/h3-9,20H,1-2H3,(H2,16,17,18). The molecule has 0 saturated carbocycles. The molecule has 0 unspecified atom stereocenters. The minimum Gasteiger partial charge on any atom is -0.508 e. The van der Waals surface area contributed by atoms with Crippen molar-refractivity contribution in [3.63, 3.8) is 0 Å². The molecule has 0 radical (unpaired) electrons. The first-order chi connectivity index (χ1) is 9.61. The lowest BCUT2D eigenvalue weighted by Gasteiger charge is -2.06. The summed E-state index contributed by atoms with van der Waals surface area (Å²) in [6.07, 6.45) is 4.02. The van der Waals surface area contributed by atoms with Gasteiger partial charge in [0, 0.05) is 36.8 Å². The summed E-state index contributed by atoms with van der Waals surface area (Å²) < 4.78 is 1.99. The fourth-order valence-corrected chi connectivity index (χ4v) is 2.12. The van der Waals surface area contributed by atoms with E-state index in [1.807, 2.05) is 49.1 Å². The van der Waals surface area contributed by atoms with Crippen molar-refractivity contribution >= 4 is 11.5 Å². The number of rotatable bonds is 3. The Hall–Kier alpha value is -2.69. The van der Waals surface area contributed by atoms with Crippen LogP contribution in [0.1, 0.15) is 5.56 Å². The van der Waals surface area contributed by atoms with Gasteiger partial charge in [0.15, 0.2) is 5.82 Å². The van der Waals surface area contributed by atoms with Crippen LogP contribution in [0.15, 0.2) is 42.7 Å². The lowest BCUT2D eigenvalue weighted by molar-refractivity contribution is 0.475. The molecule has 0 aliphatic rings. The van der Waals surface area contributed by atoms with Crippen molar-refractivity contribution in [1.29, 1.82) is 0 Å². The summed E-state index contributed by atoms with van der Waals surface area (Å²) in [6, 6.07) is 9.19. The summed E-state index contributed by atoms with van der Waals surface area (Å²) in [6.45, 7) is 1.94. The summed E-state index contributed by atoms with van der Waals surface area (Å²) in [5.41, 5.74) is 3.95. The molecule has 2 heterocycles. The Morgan fingerprint density at radius 2 is 2.10 bits per heavy atom. The molecule has 0 amide bonds. The van der Waals surface area contributed by atoms with E-state index < -0.39 is 0 Å². The van der Waals surface area contributed by atoms with Crippen LogP contribution in [0.3, 0.4) is 0 Å². The lowest BCUT2D eigenvalue weighted by atomic mass is 10.2. The molecule has 20 heavy (non-hydrogen) atoms. The summed E-state index contributed by atoms with van der Waals surface area (Å²) in [4.78, 5) is 0. The van der Waals surface area contributed by atoms with E-state index in [9.17, 15) is 5.11 Å². The van der Waals surface area contributed by atoms with Crippen LogP contribution in [0.4, 0.5) is 11.5 Å². The smallest absolute Gasteiger partial charge is 0.152 e. The average Bonchev–Trinajstić information content (AvgIpc) is 3.02. The number of phenols is 1. The number of hydrogen-bond donors (Lipinski definition) is 3. The van der Waals surface area contributed by atoms with Gasteiger partial charge in [0.25, 0.3) is 0 Å². The van der Waals surface area contributed by atoms with Gasteiger partial charge in [-0.05, 0) is 36.8 Å². The maximum Gasteiger partial charge on any atom is 0.152 e. The second kappa shape index (κ2) is 4.77. The van der Waals surface area contributed by atoms with Crippen molar-refractivity contribution in [2.45, 2.75) is 6.92 Å². The number of anilines is 2. The molecule has 3 N–H and O–H groups in total. The van der Waals surface area contributed by atoms with Crippen molar-refractivity contribution in [2.75, 3.05) is 5.32 Å². The number of nitrogens with zero attached hydrogens (tertiary/aromatic N) is 2. The zero-order valence-electron chi connectivity index (χ0n) is 11.4. The van der Waals surface area contributed by atoms with E-state index in [1.165, 1.54) is 0 Å². The highest BCUT2D eigenvalue weighted by Crippen LogP contribution is 2.25. The first-order valence-electron chi connectivity index (χ1n) is 6.36. The van der Waals surface area contributed by atoms with Crippen molar-refractivity contribution in [2.24, 2.45) is 7.05 Å². The molecule has 3 aromatic rings. The predicted molar refractivity (Wildman–Crippen MR) is 79.1 cm³/mol. The van der Waals surface area contributed by atoms with Crippen molar-refractivity contribution in [1.82, 2.24) is 14.8 Å². The zero-order chi connectivity index (χ0) is 14.1. The van der Waals surface area contributed by atoms with Crippen LogP contribution >= 0.6 is 0 Å². The number of nitrogens with one attached hydrogen (secondary N) is 2. The number of phenolic OH excluding ortho intramolecular Hbond substituents is 1. The number of aromatic amines is 1. The van der Waals surface area contributed by atoms with Crippen LogP contribution in [0.2, 0.25) is 0 Å². The molecule has 0 aliphatic carbocycles. The molecule has 0 saturated heterocycles. The molecule has 0 spiro atoms. The maximum absolute atomic E-state index is 9.41. The van der Waals surface area contributed by atoms with E-state index in [4.69, 9.17) is 0 Å². The SMILES string of the molecule is Cc1cc(O)ccc1Nc1cc(-c2ccn(C)c2)[nH]n1. The van der Waals surface area contributed by atoms with Gasteiger partial charge in [0.05, 0.1) is 5.69 Å². The van der Waals surface area contributed by atoms with Crippen LogP contribution in [-0.2, 0) is 7.05 Å². The van der Waals surface area contributed by atoms with Crippen LogP contribution in [-0.4, -0.2) is 19.9 Å². The number of aryl methyl sites for hydroxylation is 2. The van der Waals surface area contributed by atoms with Gasteiger partial charge in [-0.15, -0.1) is 0 Å². The summed E-state index contributed by atoms with van der Waals surface area (Å²) in [5.74, 6) is 1.01. The molecule has 5 heteroatoms. The normalized spacial score (nSPS) is 10.7. The molecule has 0 atom stereocenters. The maximum atomic E-state index is 9.41. The van der Waals surface area contributed by atoms with Gasteiger partial charge in [-0.2, -0.15) is 5.10 Å². The monoisotopic (exact) mass is 268 g/mol. The molecule has 5 nitrogen and oxygen atoms in total. The van der Waals surface area contributed by atoms with Crippen LogP contribution in [0.25, 0.3) is 11.3 Å². The largest absolute Gasteiger partial charge is 0.508 e. The molecule has 1 aromatic carbocycles. The number of benzene rings is 1. The fourth-order valence-electron chi connectivity index (χ4n) is 2.12. The minimum absolute atomic E-state index is 0.264.